The van der Waals surface area contributed by atoms with Crippen LogP contribution in [0.1, 0.15) is 74.9 Å². The number of urea groups is 2. The van der Waals surface area contributed by atoms with E-state index in [1.165, 1.54) is 36.4 Å². The molecule has 0 aliphatic carbocycles. The van der Waals surface area contributed by atoms with Crippen molar-refractivity contribution in [3.05, 3.63) is 68.4 Å². The van der Waals surface area contributed by atoms with Gasteiger partial charge >= 0.3 is 28.5 Å². The zero-order valence-corrected chi connectivity index (χ0v) is 35.6. The quantitative estimate of drug-likeness (QED) is 0.0868. The highest BCUT2D eigenvalue weighted by Gasteiger charge is 2.30. The van der Waals surface area contributed by atoms with Crippen molar-refractivity contribution in [2.75, 3.05) is 46.4 Å². The third-order valence-corrected chi connectivity index (χ3v) is 11.8. The molecule has 2 aromatic heterocycles. The topological polar surface area (TPSA) is 134 Å². The Morgan fingerprint density at radius 3 is 1.59 bits per heavy atom. The fourth-order valence-corrected chi connectivity index (χ4v) is 8.83. The molecule has 4 aliphatic rings. The van der Waals surface area contributed by atoms with Crippen molar-refractivity contribution in [2.45, 2.75) is 79.6 Å². The van der Waals surface area contributed by atoms with Crippen LogP contribution in [0.2, 0.25) is 0 Å². The lowest BCUT2D eigenvalue weighted by atomic mass is 10.1. The zero-order valence-electron chi connectivity index (χ0n) is 30.9. The Morgan fingerprint density at radius 2 is 1.09 bits per heavy atom. The summed E-state index contributed by atoms with van der Waals surface area (Å²) in [5.74, 6) is -1.53. The SMILES string of the molecule is C.C.COC(=O)C(=O)c1cn2c3c(cc(Br)cc13)CN(C(=O)N1CCCCC1)CC2.O=C(Cl)C(=O)Cl.O=C(N1CCCCC1)N1CCn2ccc3cc(Br)cc(c32)C1. The van der Waals surface area contributed by atoms with Gasteiger partial charge in [0.1, 0.15) is 0 Å². The van der Waals surface area contributed by atoms with Crippen LogP contribution in [-0.2, 0) is 45.3 Å². The molecule has 2 fully saturated rings. The largest absolute Gasteiger partial charge is 0.463 e. The molecule has 314 valence electrons. The van der Waals surface area contributed by atoms with Crippen LogP contribution in [0.15, 0.2) is 51.7 Å². The van der Waals surface area contributed by atoms with Gasteiger partial charge in [0.05, 0.1) is 23.7 Å². The molecule has 0 radical (unpaired) electrons. The number of Topliss-reactive ketones (excluding diaryl/α,β-unsaturated/α-hetero) is 1. The van der Waals surface area contributed by atoms with Crippen LogP contribution in [0.4, 0.5) is 9.59 Å². The normalized spacial score (nSPS) is 15.9. The lowest BCUT2D eigenvalue weighted by Crippen LogP contribution is -2.45. The first-order chi connectivity index (χ1) is 26.9. The number of methoxy groups -OCH3 is 1. The second kappa shape index (κ2) is 20.9. The fourth-order valence-electron chi connectivity index (χ4n) is 7.80. The number of amides is 4. The molecule has 4 aromatic rings. The molecular formula is C41H50Br2Cl2N6O7. The van der Waals surface area contributed by atoms with Crippen molar-refractivity contribution in [2.24, 2.45) is 0 Å². The molecule has 2 aromatic carbocycles. The number of carbonyl (C=O) groups is 6. The van der Waals surface area contributed by atoms with E-state index < -0.39 is 22.2 Å². The third kappa shape index (κ3) is 10.6. The molecule has 0 atom stereocenters. The Balaban J connectivity index is 0.000000223. The second-order valence-electron chi connectivity index (χ2n) is 14.1. The molecule has 58 heavy (non-hydrogen) atoms. The van der Waals surface area contributed by atoms with Gasteiger partial charge in [0.15, 0.2) is 0 Å². The summed E-state index contributed by atoms with van der Waals surface area (Å²) in [5, 5.41) is -0.336. The minimum absolute atomic E-state index is 0. The van der Waals surface area contributed by atoms with E-state index in [9.17, 15) is 28.8 Å². The van der Waals surface area contributed by atoms with Crippen molar-refractivity contribution >= 4 is 111 Å². The summed E-state index contributed by atoms with van der Waals surface area (Å²) < 4.78 is 10.7. The summed E-state index contributed by atoms with van der Waals surface area (Å²) in [6.07, 6.45) is 10.7. The standard InChI is InChI=1S/C20H22BrN3O4.C17H20BrN3O.C2Cl2O2.2CH4/c1-28-19(26)18(25)16-12-23-7-8-24(20(27)22-5-3-2-4-6-22)11-13-9-14(21)10-15(16)17(13)23;18-15-10-13-4-7-19-8-9-21(12-14(11-15)16(13)19)17(22)20-5-2-1-3-6-20;3-1(5)2(4)6;;/h9-10,12H,2-8,11H2,1H3;4,7,10-11H,1-3,5-6,8-9,12H2;;2*1H4. The Labute approximate surface area is 365 Å². The zero-order chi connectivity index (χ0) is 40.1. The van der Waals surface area contributed by atoms with E-state index in [2.05, 4.69) is 88.8 Å². The number of benzene rings is 2. The number of hydrogen-bond donors (Lipinski definition) is 0. The van der Waals surface area contributed by atoms with E-state index in [0.29, 0.717) is 37.1 Å². The van der Waals surface area contributed by atoms with Gasteiger partial charge in [-0.2, -0.15) is 0 Å². The van der Waals surface area contributed by atoms with E-state index in [4.69, 9.17) is 0 Å². The van der Waals surface area contributed by atoms with Gasteiger partial charge in [0, 0.05) is 97.6 Å². The van der Waals surface area contributed by atoms with Gasteiger partial charge in [0.2, 0.25) is 0 Å². The number of rotatable bonds is 3. The second-order valence-corrected chi connectivity index (χ2v) is 16.6. The molecule has 0 saturated carbocycles. The summed E-state index contributed by atoms with van der Waals surface area (Å²) >= 11 is 16.1. The smallest absolute Gasteiger partial charge is 0.379 e. The molecule has 0 unspecified atom stereocenters. The predicted octanol–water partition coefficient (Wildman–Crippen LogP) is 8.80. The first kappa shape index (κ1) is 46.8. The average molecular weight is 970 g/mol. The fraction of sp³-hybridized carbons (Fsp3) is 0.463. The van der Waals surface area contributed by atoms with Gasteiger partial charge in [-0.05, 0) is 103 Å². The van der Waals surface area contributed by atoms with Gasteiger partial charge in [-0.25, -0.2) is 14.4 Å². The number of esters is 1. The number of ketones is 1. The Bertz CT molecular complexity index is 2170. The van der Waals surface area contributed by atoms with Gasteiger partial charge in [-0.15, -0.1) is 0 Å². The molecule has 6 heterocycles. The van der Waals surface area contributed by atoms with Gasteiger partial charge in [-0.1, -0.05) is 46.7 Å². The summed E-state index contributed by atoms with van der Waals surface area (Å²) in [5.41, 5.74) is 4.69. The first-order valence-corrected chi connectivity index (χ1v) is 20.9. The number of ether oxygens (including phenoxy) is 1. The Kier molecular flexibility index (Phi) is 16.8. The molecular weight excluding hydrogens is 919 g/mol. The van der Waals surface area contributed by atoms with Crippen LogP contribution < -0.4 is 0 Å². The molecule has 4 amide bonds. The molecule has 4 aliphatic heterocycles. The van der Waals surface area contributed by atoms with E-state index >= 15 is 0 Å². The summed E-state index contributed by atoms with van der Waals surface area (Å²) in [4.78, 5) is 76.7. The monoisotopic (exact) mass is 966 g/mol. The van der Waals surface area contributed by atoms with Gasteiger partial charge in [-0.3, -0.25) is 14.4 Å². The molecule has 0 N–H and O–H groups in total. The number of halogens is 4. The van der Waals surface area contributed by atoms with E-state index in [1.54, 1.807) is 6.20 Å². The minimum atomic E-state index is -1.14. The number of aromatic nitrogens is 2. The van der Waals surface area contributed by atoms with Crippen LogP contribution in [-0.4, -0.2) is 109 Å². The summed E-state index contributed by atoms with van der Waals surface area (Å²) in [6.45, 7) is 7.40. The van der Waals surface area contributed by atoms with Crippen molar-refractivity contribution in [1.82, 2.24) is 28.7 Å². The highest BCUT2D eigenvalue weighted by atomic mass is 79.9. The van der Waals surface area contributed by atoms with Crippen LogP contribution in [0.3, 0.4) is 0 Å². The van der Waals surface area contributed by atoms with E-state index in [-0.39, 0.29) is 26.9 Å². The number of hydrogen-bond acceptors (Lipinski definition) is 7. The summed E-state index contributed by atoms with van der Waals surface area (Å²) in [6, 6.07) is 10.6. The maximum absolute atomic E-state index is 13.0. The minimum Gasteiger partial charge on any atom is -0.463 e. The molecule has 13 nitrogen and oxygen atoms in total. The maximum Gasteiger partial charge on any atom is 0.379 e. The van der Waals surface area contributed by atoms with E-state index in [0.717, 1.165) is 85.0 Å². The van der Waals surface area contributed by atoms with Gasteiger partial charge < -0.3 is 33.5 Å². The van der Waals surface area contributed by atoms with Crippen LogP contribution in [0, 0.1) is 0 Å². The maximum atomic E-state index is 13.0. The lowest BCUT2D eigenvalue weighted by molar-refractivity contribution is -0.135. The molecule has 8 rings (SSSR count). The molecule has 17 heteroatoms. The summed E-state index contributed by atoms with van der Waals surface area (Å²) in [7, 11) is 1.20. The highest BCUT2D eigenvalue weighted by Crippen LogP contribution is 2.33. The first-order valence-electron chi connectivity index (χ1n) is 18.5. The Morgan fingerprint density at radius 1 is 0.603 bits per heavy atom. The molecule has 2 saturated heterocycles. The van der Waals surface area contributed by atoms with Crippen LogP contribution in [0.5, 0.6) is 0 Å². The van der Waals surface area contributed by atoms with Crippen molar-refractivity contribution < 1.29 is 33.5 Å². The average Bonchev–Trinajstić information content (AvgIpc) is 3.65. The number of likely N-dealkylation sites (tertiary alicyclic amines) is 2. The predicted molar refractivity (Wildman–Crippen MR) is 233 cm³/mol. The number of carbonyl (C=O) groups excluding carboxylic acids is 6. The Hall–Kier alpha value is -3.92. The highest BCUT2D eigenvalue weighted by molar-refractivity contribution is 9.10. The molecule has 0 spiro atoms. The van der Waals surface area contributed by atoms with Crippen molar-refractivity contribution in [3.8, 4) is 0 Å². The number of nitrogens with zero attached hydrogens (tertiary/aromatic N) is 6. The van der Waals surface area contributed by atoms with Crippen molar-refractivity contribution in [3.63, 3.8) is 0 Å². The lowest BCUT2D eigenvalue weighted by Gasteiger charge is -2.32. The van der Waals surface area contributed by atoms with Crippen LogP contribution in [0.25, 0.3) is 21.8 Å². The molecule has 0 bridgehead atoms. The van der Waals surface area contributed by atoms with Crippen molar-refractivity contribution in [1.29, 1.82) is 0 Å². The van der Waals surface area contributed by atoms with Gasteiger partial charge in [0.25, 0.3) is 5.78 Å². The van der Waals surface area contributed by atoms with E-state index in [1.807, 2.05) is 36.3 Å². The van der Waals surface area contributed by atoms with Crippen LogP contribution >= 0.6 is 55.1 Å². The number of piperidine rings is 2. The third-order valence-electron chi connectivity index (χ3n) is 10.4.